The Morgan fingerprint density at radius 3 is 2.28 bits per heavy atom. The Hall–Kier alpha value is -3.05. The first-order valence-electron chi connectivity index (χ1n) is 9.52. The van der Waals surface area contributed by atoms with Gasteiger partial charge in [0.05, 0.1) is 18.8 Å². The van der Waals surface area contributed by atoms with Crippen molar-refractivity contribution in [3.63, 3.8) is 0 Å². The molecule has 0 unspecified atom stereocenters. The van der Waals surface area contributed by atoms with Gasteiger partial charge in [-0.05, 0) is 29.2 Å². The highest BCUT2D eigenvalue weighted by atomic mass is 19.1. The molecular formula is C24H24FNO3. The minimum atomic E-state index is -0.379. The second-order valence-electron chi connectivity index (χ2n) is 7.27. The van der Waals surface area contributed by atoms with Gasteiger partial charge in [0.15, 0.2) is 6.29 Å². The maximum Gasteiger partial charge on any atom is 0.256 e. The van der Waals surface area contributed by atoms with E-state index in [-0.39, 0.29) is 23.9 Å². The summed E-state index contributed by atoms with van der Waals surface area (Å²) in [6.07, 6.45) is 0.772. The topological polar surface area (TPSA) is 48.3 Å². The number of halogens is 1. The highest BCUT2D eigenvalue weighted by Gasteiger charge is 2.23. The molecule has 0 N–H and O–H groups in total. The SMILES string of the molecule is CC(C)c1c(C=O)c(-c2ccc(F)cc2)c(COCc2ccccc2)c(=O)n1C. The largest absolute Gasteiger partial charge is 0.372 e. The number of pyridine rings is 1. The van der Waals surface area contributed by atoms with Gasteiger partial charge in [0.1, 0.15) is 5.82 Å². The first-order valence-corrected chi connectivity index (χ1v) is 9.52. The third-order valence-electron chi connectivity index (χ3n) is 4.93. The fraction of sp³-hybridized carbons (Fsp3) is 0.250. The molecule has 150 valence electrons. The van der Waals surface area contributed by atoms with E-state index in [1.54, 1.807) is 19.2 Å². The summed E-state index contributed by atoms with van der Waals surface area (Å²) < 4.78 is 20.8. The van der Waals surface area contributed by atoms with Gasteiger partial charge in [0.2, 0.25) is 0 Å². The number of ether oxygens (including phenoxy) is 1. The van der Waals surface area contributed by atoms with E-state index in [0.29, 0.717) is 34.6 Å². The minimum absolute atomic E-state index is 0.0358. The molecule has 0 atom stereocenters. The lowest BCUT2D eigenvalue weighted by molar-refractivity contribution is 0.106. The molecule has 0 spiro atoms. The maximum absolute atomic E-state index is 13.5. The van der Waals surface area contributed by atoms with Gasteiger partial charge in [-0.2, -0.15) is 0 Å². The highest BCUT2D eigenvalue weighted by molar-refractivity contribution is 5.90. The van der Waals surface area contributed by atoms with Gasteiger partial charge in [-0.3, -0.25) is 9.59 Å². The molecule has 5 heteroatoms. The predicted octanol–water partition coefficient (Wildman–Crippen LogP) is 4.84. The van der Waals surface area contributed by atoms with Gasteiger partial charge < -0.3 is 9.30 Å². The Bertz CT molecular complexity index is 1050. The van der Waals surface area contributed by atoms with Crippen LogP contribution in [-0.4, -0.2) is 10.9 Å². The molecule has 0 saturated heterocycles. The van der Waals surface area contributed by atoms with Crippen LogP contribution < -0.4 is 5.56 Å². The molecule has 4 nitrogen and oxygen atoms in total. The molecule has 0 aliphatic carbocycles. The van der Waals surface area contributed by atoms with E-state index in [2.05, 4.69) is 0 Å². The van der Waals surface area contributed by atoms with Crippen LogP contribution >= 0.6 is 0 Å². The van der Waals surface area contributed by atoms with E-state index >= 15 is 0 Å². The van der Waals surface area contributed by atoms with Gasteiger partial charge in [0, 0.05) is 23.9 Å². The zero-order chi connectivity index (χ0) is 21.0. The van der Waals surface area contributed by atoms with Crippen LogP contribution in [0.3, 0.4) is 0 Å². The number of benzene rings is 2. The molecule has 1 aromatic heterocycles. The fourth-order valence-electron chi connectivity index (χ4n) is 3.63. The average Bonchev–Trinajstić information content (AvgIpc) is 2.72. The Kier molecular flexibility index (Phi) is 6.39. The summed E-state index contributed by atoms with van der Waals surface area (Å²) in [6.45, 7) is 4.26. The number of carbonyl (C=O) groups is 1. The Balaban J connectivity index is 2.12. The van der Waals surface area contributed by atoms with E-state index in [9.17, 15) is 14.0 Å². The summed E-state index contributed by atoms with van der Waals surface area (Å²) in [7, 11) is 1.67. The first-order chi connectivity index (χ1) is 13.9. The number of aromatic nitrogens is 1. The number of aldehydes is 1. The summed E-state index contributed by atoms with van der Waals surface area (Å²) in [6, 6.07) is 15.5. The molecule has 2 aromatic carbocycles. The van der Waals surface area contributed by atoms with Crippen LogP contribution in [0.25, 0.3) is 11.1 Å². The van der Waals surface area contributed by atoms with Crippen molar-refractivity contribution in [3.8, 4) is 11.1 Å². The summed E-state index contributed by atoms with van der Waals surface area (Å²) in [5.41, 5.74) is 3.38. The van der Waals surface area contributed by atoms with E-state index < -0.39 is 0 Å². The van der Waals surface area contributed by atoms with Crippen LogP contribution in [0.2, 0.25) is 0 Å². The lowest BCUT2D eigenvalue weighted by atomic mass is 9.91. The van der Waals surface area contributed by atoms with Gasteiger partial charge in [0.25, 0.3) is 5.56 Å². The van der Waals surface area contributed by atoms with E-state index in [1.165, 1.54) is 16.7 Å². The van der Waals surface area contributed by atoms with Crippen molar-refractivity contribution in [2.75, 3.05) is 0 Å². The summed E-state index contributed by atoms with van der Waals surface area (Å²) >= 11 is 0. The maximum atomic E-state index is 13.5. The normalized spacial score (nSPS) is 11.1. The smallest absolute Gasteiger partial charge is 0.256 e. The molecule has 0 radical (unpaired) electrons. The zero-order valence-corrected chi connectivity index (χ0v) is 16.8. The second kappa shape index (κ2) is 8.97. The molecule has 0 fully saturated rings. The number of hydrogen-bond donors (Lipinski definition) is 0. The third-order valence-corrected chi connectivity index (χ3v) is 4.93. The zero-order valence-electron chi connectivity index (χ0n) is 16.8. The van der Waals surface area contributed by atoms with Crippen LogP contribution in [0, 0.1) is 5.82 Å². The van der Waals surface area contributed by atoms with Crippen LogP contribution in [0.5, 0.6) is 0 Å². The highest BCUT2D eigenvalue weighted by Crippen LogP contribution is 2.31. The van der Waals surface area contributed by atoms with Crippen molar-refractivity contribution in [2.45, 2.75) is 33.0 Å². The van der Waals surface area contributed by atoms with Crippen molar-refractivity contribution in [2.24, 2.45) is 7.05 Å². The number of nitrogens with zero attached hydrogens (tertiary/aromatic N) is 1. The van der Waals surface area contributed by atoms with E-state index in [1.807, 2.05) is 44.2 Å². The summed E-state index contributed by atoms with van der Waals surface area (Å²) in [4.78, 5) is 25.2. The van der Waals surface area contributed by atoms with Crippen LogP contribution in [-0.2, 0) is 25.0 Å². The Morgan fingerprint density at radius 1 is 1.03 bits per heavy atom. The number of hydrogen-bond acceptors (Lipinski definition) is 3. The Labute approximate surface area is 169 Å². The lowest BCUT2D eigenvalue weighted by Crippen LogP contribution is -2.28. The van der Waals surface area contributed by atoms with Crippen molar-refractivity contribution >= 4 is 6.29 Å². The standard InChI is InChI=1S/C24H24FNO3/c1-16(2)23-20(13-27)22(18-9-11-19(25)12-10-18)21(24(28)26(23)3)15-29-14-17-7-5-4-6-8-17/h4-13,16H,14-15H2,1-3H3. The predicted molar refractivity (Wildman–Crippen MR) is 111 cm³/mol. The minimum Gasteiger partial charge on any atom is -0.372 e. The molecule has 29 heavy (non-hydrogen) atoms. The second-order valence-corrected chi connectivity index (χ2v) is 7.27. The van der Waals surface area contributed by atoms with Gasteiger partial charge in [-0.1, -0.05) is 56.3 Å². The molecule has 0 aliphatic heterocycles. The number of rotatable bonds is 7. The molecule has 3 rings (SSSR count). The molecule has 0 amide bonds. The molecule has 3 aromatic rings. The lowest BCUT2D eigenvalue weighted by Gasteiger charge is -2.21. The monoisotopic (exact) mass is 393 g/mol. The van der Waals surface area contributed by atoms with Crippen molar-refractivity contribution in [1.29, 1.82) is 0 Å². The van der Waals surface area contributed by atoms with Crippen molar-refractivity contribution in [1.82, 2.24) is 4.57 Å². The van der Waals surface area contributed by atoms with Crippen LogP contribution in [0.15, 0.2) is 59.4 Å². The molecular weight excluding hydrogens is 369 g/mol. The first kappa shape index (κ1) is 20.7. The van der Waals surface area contributed by atoms with Gasteiger partial charge in [-0.15, -0.1) is 0 Å². The van der Waals surface area contributed by atoms with Crippen LogP contribution in [0.1, 0.15) is 46.9 Å². The van der Waals surface area contributed by atoms with E-state index in [4.69, 9.17) is 4.74 Å². The van der Waals surface area contributed by atoms with E-state index in [0.717, 1.165) is 11.8 Å². The summed E-state index contributed by atoms with van der Waals surface area (Å²) in [5.74, 6) is -0.414. The third kappa shape index (κ3) is 4.35. The molecule has 1 heterocycles. The van der Waals surface area contributed by atoms with Crippen LogP contribution in [0.4, 0.5) is 4.39 Å². The number of carbonyl (C=O) groups excluding carboxylic acids is 1. The Morgan fingerprint density at radius 2 is 1.69 bits per heavy atom. The molecule has 0 saturated carbocycles. The molecule has 0 aliphatic rings. The van der Waals surface area contributed by atoms with Crippen molar-refractivity contribution < 1.29 is 13.9 Å². The summed E-state index contributed by atoms with van der Waals surface area (Å²) in [5, 5.41) is 0. The van der Waals surface area contributed by atoms with Gasteiger partial charge >= 0.3 is 0 Å². The average molecular weight is 393 g/mol. The quantitative estimate of drug-likeness (QED) is 0.540. The fourth-order valence-corrected chi connectivity index (χ4v) is 3.63. The van der Waals surface area contributed by atoms with Gasteiger partial charge in [-0.25, -0.2) is 4.39 Å². The molecule has 0 bridgehead atoms. The van der Waals surface area contributed by atoms with Crippen molar-refractivity contribution in [3.05, 3.63) is 93.2 Å².